The van der Waals surface area contributed by atoms with Crippen LogP contribution in [0.4, 0.5) is 0 Å². The Morgan fingerprint density at radius 2 is 2.31 bits per heavy atom. The van der Waals surface area contributed by atoms with Gasteiger partial charge in [0.05, 0.1) is 25.3 Å². The molecule has 0 aliphatic rings. The molecule has 0 aliphatic carbocycles. The summed E-state index contributed by atoms with van der Waals surface area (Å²) in [6.07, 6.45) is 0.344. The molecule has 0 saturated carbocycles. The quantitative estimate of drug-likeness (QED) is 0.849. The standard InChI is InChI=1S/C12H11N3O/c1-16-11-4-2-3-9(7-11)12-8-10(5-6-13)14-15-12/h2-4,7-8H,5H2,1H3,(H,14,15). The summed E-state index contributed by atoms with van der Waals surface area (Å²) < 4.78 is 5.14. The highest BCUT2D eigenvalue weighted by Gasteiger charge is 2.04. The van der Waals surface area contributed by atoms with Crippen molar-refractivity contribution in [1.29, 1.82) is 5.26 Å². The lowest BCUT2D eigenvalue weighted by Crippen LogP contribution is -1.83. The molecular formula is C12H11N3O. The van der Waals surface area contributed by atoms with Crippen molar-refractivity contribution in [2.24, 2.45) is 0 Å². The molecule has 0 saturated heterocycles. The molecule has 1 heterocycles. The van der Waals surface area contributed by atoms with Gasteiger partial charge in [-0.2, -0.15) is 10.4 Å². The number of rotatable bonds is 3. The summed E-state index contributed by atoms with van der Waals surface area (Å²) in [5.41, 5.74) is 2.62. The molecule has 0 fully saturated rings. The Bertz CT molecular complexity index is 525. The van der Waals surface area contributed by atoms with Gasteiger partial charge in [-0.25, -0.2) is 0 Å². The summed E-state index contributed by atoms with van der Waals surface area (Å²) in [7, 11) is 1.63. The van der Waals surface area contributed by atoms with Gasteiger partial charge in [0.1, 0.15) is 5.75 Å². The molecule has 0 amide bonds. The number of nitrogens with zero attached hydrogens (tertiary/aromatic N) is 2. The van der Waals surface area contributed by atoms with E-state index >= 15 is 0 Å². The van der Waals surface area contributed by atoms with Crippen LogP contribution in [0.15, 0.2) is 30.3 Å². The molecule has 0 aliphatic heterocycles. The zero-order chi connectivity index (χ0) is 11.4. The van der Waals surface area contributed by atoms with Crippen molar-refractivity contribution in [2.45, 2.75) is 6.42 Å². The molecular weight excluding hydrogens is 202 g/mol. The molecule has 4 heteroatoms. The van der Waals surface area contributed by atoms with Crippen LogP contribution in [0.3, 0.4) is 0 Å². The summed E-state index contributed by atoms with van der Waals surface area (Å²) in [6, 6.07) is 11.6. The number of methoxy groups -OCH3 is 1. The second-order valence-corrected chi connectivity index (χ2v) is 3.35. The SMILES string of the molecule is COc1cccc(-c2cc(CC#N)[nH]n2)c1. The Balaban J connectivity index is 2.31. The van der Waals surface area contributed by atoms with Gasteiger partial charge in [-0.3, -0.25) is 5.10 Å². The van der Waals surface area contributed by atoms with Crippen molar-refractivity contribution in [1.82, 2.24) is 10.2 Å². The number of nitriles is 1. The third kappa shape index (κ3) is 2.04. The van der Waals surface area contributed by atoms with E-state index in [9.17, 15) is 0 Å². The van der Waals surface area contributed by atoms with Crippen molar-refractivity contribution < 1.29 is 4.74 Å². The Morgan fingerprint density at radius 3 is 3.06 bits per heavy atom. The molecule has 0 radical (unpaired) electrons. The van der Waals surface area contributed by atoms with E-state index in [0.717, 1.165) is 22.7 Å². The van der Waals surface area contributed by atoms with Crippen LogP contribution in [0.1, 0.15) is 5.69 Å². The maximum absolute atomic E-state index is 8.56. The van der Waals surface area contributed by atoms with Crippen LogP contribution >= 0.6 is 0 Å². The second-order valence-electron chi connectivity index (χ2n) is 3.35. The highest BCUT2D eigenvalue weighted by atomic mass is 16.5. The third-order valence-electron chi connectivity index (χ3n) is 2.27. The molecule has 0 bridgehead atoms. The Morgan fingerprint density at radius 1 is 1.44 bits per heavy atom. The minimum atomic E-state index is 0.344. The van der Waals surface area contributed by atoms with Crippen molar-refractivity contribution >= 4 is 0 Å². The van der Waals surface area contributed by atoms with Gasteiger partial charge < -0.3 is 4.74 Å². The van der Waals surface area contributed by atoms with Crippen LogP contribution in [0.25, 0.3) is 11.3 Å². The van der Waals surface area contributed by atoms with E-state index in [1.165, 1.54) is 0 Å². The maximum Gasteiger partial charge on any atom is 0.119 e. The van der Waals surface area contributed by atoms with Gasteiger partial charge in [0.2, 0.25) is 0 Å². The number of ether oxygens (including phenoxy) is 1. The van der Waals surface area contributed by atoms with Gasteiger partial charge in [0, 0.05) is 11.3 Å². The van der Waals surface area contributed by atoms with E-state index in [1.54, 1.807) is 7.11 Å². The summed E-state index contributed by atoms with van der Waals surface area (Å²) in [4.78, 5) is 0. The van der Waals surface area contributed by atoms with E-state index in [1.807, 2.05) is 30.3 Å². The molecule has 1 aromatic carbocycles. The first-order valence-corrected chi connectivity index (χ1v) is 4.89. The summed E-state index contributed by atoms with van der Waals surface area (Å²) in [5, 5.41) is 15.5. The number of hydrogen-bond donors (Lipinski definition) is 1. The zero-order valence-electron chi connectivity index (χ0n) is 8.90. The molecule has 0 unspecified atom stereocenters. The van der Waals surface area contributed by atoms with Gasteiger partial charge in [-0.15, -0.1) is 0 Å². The van der Waals surface area contributed by atoms with E-state index in [-0.39, 0.29) is 0 Å². The molecule has 1 aromatic heterocycles. The number of hydrogen-bond acceptors (Lipinski definition) is 3. The van der Waals surface area contributed by atoms with Crippen LogP contribution in [-0.4, -0.2) is 17.3 Å². The molecule has 0 atom stereocenters. The van der Waals surface area contributed by atoms with E-state index < -0.39 is 0 Å². The summed E-state index contributed by atoms with van der Waals surface area (Å²) >= 11 is 0. The second kappa shape index (κ2) is 4.49. The largest absolute Gasteiger partial charge is 0.497 e. The van der Waals surface area contributed by atoms with E-state index in [2.05, 4.69) is 16.3 Å². The van der Waals surface area contributed by atoms with Crippen LogP contribution < -0.4 is 4.74 Å². The fourth-order valence-electron chi connectivity index (χ4n) is 1.47. The van der Waals surface area contributed by atoms with Gasteiger partial charge in [0.25, 0.3) is 0 Å². The number of nitrogens with one attached hydrogen (secondary N) is 1. The topological polar surface area (TPSA) is 61.7 Å². The third-order valence-corrected chi connectivity index (χ3v) is 2.27. The lowest BCUT2D eigenvalue weighted by molar-refractivity contribution is 0.415. The Labute approximate surface area is 93.5 Å². The van der Waals surface area contributed by atoms with Crippen molar-refractivity contribution in [3.8, 4) is 23.1 Å². The molecule has 0 spiro atoms. The van der Waals surface area contributed by atoms with Crippen molar-refractivity contribution in [3.63, 3.8) is 0 Å². The Hall–Kier alpha value is -2.28. The first-order valence-electron chi connectivity index (χ1n) is 4.89. The number of benzene rings is 1. The predicted molar refractivity (Wildman–Crippen MR) is 59.9 cm³/mol. The lowest BCUT2D eigenvalue weighted by Gasteiger charge is -2.00. The average Bonchev–Trinajstić information content (AvgIpc) is 2.78. The fourth-order valence-corrected chi connectivity index (χ4v) is 1.47. The minimum Gasteiger partial charge on any atom is -0.497 e. The Kier molecular flexibility index (Phi) is 2.88. The van der Waals surface area contributed by atoms with Gasteiger partial charge in [-0.1, -0.05) is 12.1 Å². The minimum absolute atomic E-state index is 0.344. The van der Waals surface area contributed by atoms with Gasteiger partial charge >= 0.3 is 0 Å². The highest BCUT2D eigenvalue weighted by molar-refractivity contribution is 5.61. The zero-order valence-corrected chi connectivity index (χ0v) is 8.90. The maximum atomic E-state index is 8.56. The van der Waals surface area contributed by atoms with Crippen molar-refractivity contribution in [3.05, 3.63) is 36.0 Å². The predicted octanol–water partition coefficient (Wildman–Crippen LogP) is 2.15. The van der Waals surface area contributed by atoms with Crippen LogP contribution in [0, 0.1) is 11.3 Å². The molecule has 1 N–H and O–H groups in total. The average molecular weight is 213 g/mol. The van der Waals surface area contributed by atoms with Crippen LogP contribution in [0.5, 0.6) is 5.75 Å². The first kappa shape index (κ1) is 10.2. The van der Waals surface area contributed by atoms with Crippen LogP contribution in [0.2, 0.25) is 0 Å². The van der Waals surface area contributed by atoms with Crippen molar-refractivity contribution in [2.75, 3.05) is 7.11 Å². The fraction of sp³-hybridized carbons (Fsp3) is 0.167. The molecule has 2 rings (SSSR count). The van der Waals surface area contributed by atoms with Gasteiger partial charge in [-0.05, 0) is 18.2 Å². The number of aromatic nitrogens is 2. The molecule has 4 nitrogen and oxygen atoms in total. The molecule has 80 valence electrons. The van der Waals surface area contributed by atoms with Crippen LogP contribution in [-0.2, 0) is 6.42 Å². The van der Waals surface area contributed by atoms with Gasteiger partial charge in [0.15, 0.2) is 0 Å². The summed E-state index contributed by atoms with van der Waals surface area (Å²) in [5.74, 6) is 0.794. The smallest absolute Gasteiger partial charge is 0.119 e. The molecule has 16 heavy (non-hydrogen) atoms. The number of aromatic amines is 1. The normalized spacial score (nSPS) is 9.75. The summed E-state index contributed by atoms with van der Waals surface area (Å²) in [6.45, 7) is 0. The van der Waals surface area contributed by atoms with E-state index in [4.69, 9.17) is 10.00 Å². The monoisotopic (exact) mass is 213 g/mol. The highest BCUT2D eigenvalue weighted by Crippen LogP contribution is 2.22. The lowest BCUT2D eigenvalue weighted by atomic mass is 10.1. The molecule has 2 aromatic rings. The first-order chi connectivity index (χ1) is 7.83. The number of H-pyrrole nitrogens is 1. The van der Waals surface area contributed by atoms with E-state index in [0.29, 0.717) is 6.42 Å².